The minimum atomic E-state index is -3.59. The summed E-state index contributed by atoms with van der Waals surface area (Å²) in [7, 11) is -3.59. The third kappa shape index (κ3) is 3.19. The first kappa shape index (κ1) is 19.3. The average molecular weight is 399 g/mol. The number of hydrogen-bond acceptors (Lipinski definition) is 4. The lowest BCUT2D eigenvalue weighted by molar-refractivity contribution is 0.0807. The Hall–Kier alpha value is -2.02. The maximum absolute atomic E-state index is 13.2. The number of carbonyl (C=O) groups excluding carboxylic acids is 1. The molecule has 0 radical (unpaired) electrons. The minimum Gasteiger partial charge on any atom is -0.295 e. The fraction of sp³-hybridized carbons (Fsp3) is 0.409. The summed E-state index contributed by atoms with van der Waals surface area (Å²) in [4.78, 5) is 14.1. The third-order valence-corrected chi connectivity index (χ3v) is 7.88. The topological polar surface area (TPSA) is 57.7 Å². The normalized spacial score (nSPS) is 22.3. The number of ketones is 1. The van der Waals surface area contributed by atoms with Gasteiger partial charge in [-0.25, -0.2) is 8.42 Å². The van der Waals surface area contributed by atoms with Crippen LogP contribution in [0.25, 0.3) is 0 Å². The van der Waals surface area contributed by atoms with E-state index in [9.17, 15) is 13.2 Å². The molecule has 1 saturated heterocycles. The molecule has 0 amide bonds. The van der Waals surface area contributed by atoms with E-state index in [0.717, 1.165) is 6.54 Å². The second-order valence-electron chi connectivity index (χ2n) is 8.40. The third-order valence-electron chi connectivity index (χ3n) is 6.00. The van der Waals surface area contributed by atoms with Gasteiger partial charge < -0.3 is 0 Å². The molecular formula is C22H26N2O3S. The summed E-state index contributed by atoms with van der Waals surface area (Å²) in [6.07, 6.45) is 0. The molecule has 1 fully saturated rings. The summed E-state index contributed by atoms with van der Waals surface area (Å²) in [6, 6.07) is 14.7. The van der Waals surface area contributed by atoms with Gasteiger partial charge in [-0.1, -0.05) is 50.2 Å². The van der Waals surface area contributed by atoms with Gasteiger partial charge in [-0.15, -0.1) is 0 Å². The first-order valence-corrected chi connectivity index (χ1v) is 11.1. The molecule has 0 N–H and O–H groups in total. The van der Waals surface area contributed by atoms with Crippen molar-refractivity contribution in [3.05, 3.63) is 65.2 Å². The van der Waals surface area contributed by atoms with E-state index in [1.807, 2.05) is 6.07 Å². The van der Waals surface area contributed by atoms with Gasteiger partial charge in [-0.05, 0) is 30.2 Å². The quantitative estimate of drug-likeness (QED) is 0.745. The van der Waals surface area contributed by atoms with Crippen LogP contribution in [0.5, 0.6) is 0 Å². The lowest BCUT2D eigenvalue weighted by atomic mass is 9.75. The molecule has 2 aliphatic heterocycles. The molecule has 28 heavy (non-hydrogen) atoms. The Bertz CT molecular complexity index is 1010. The number of piperazine rings is 1. The van der Waals surface area contributed by atoms with Crippen molar-refractivity contribution in [3.8, 4) is 0 Å². The van der Waals surface area contributed by atoms with Crippen LogP contribution < -0.4 is 0 Å². The summed E-state index contributed by atoms with van der Waals surface area (Å²) in [5.41, 5.74) is 3.11. The van der Waals surface area contributed by atoms with Crippen LogP contribution in [0.15, 0.2) is 53.4 Å². The van der Waals surface area contributed by atoms with E-state index >= 15 is 0 Å². The van der Waals surface area contributed by atoms with E-state index in [2.05, 4.69) is 36.9 Å². The van der Waals surface area contributed by atoms with Gasteiger partial charge in [0.15, 0.2) is 5.78 Å². The number of benzene rings is 2. The lowest BCUT2D eigenvalue weighted by Crippen LogP contribution is -2.55. The van der Waals surface area contributed by atoms with Crippen LogP contribution >= 0.6 is 0 Å². The highest BCUT2D eigenvalue weighted by Gasteiger charge is 2.42. The lowest BCUT2D eigenvalue weighted by Gasteiger charge is -2.49. The molecule has 2 aromatic rings. The molecule has 148 valence electrons. The van der Waals surface area contributed by atoms with Crippen molar-refractivity contribution in [1.29, 1.82) is 0 Å². The summed E-state index contributed by atoms with van der Waals surface area (Å²) >= 11 is 0. The van der Waals surface area contributed by atoms with Crippen molar-refractivity contribution in [2.24, 2.45) is 0 Å². The Labute approximate surface area is 167 Å². The molecule has 1 unspecified atom stereocenters. The smallest absolute Gasteiger partial charge is 0.243 e. The zero-order valence-electron chi connectivity index (χ0n) is 16.6. The van der Waals surface area contributed by atoms with Crippen LogP contribution in [0.4, 0.5) is 0 Å². The Morgan fingerprint density at radius 1 is 1.04 bits per heavy atom. The number of hydrogen-bond donors (Lipinski definition) is 0. The SMILES string of the molecule is CC(=O)c1ccc(S(=O)(=O)N2CCN3CC(C)(C)c4ccccc4C3C2)cc1. The average Bonchev–Trinajstić information content (AvgIpc) is 2.67. The number of rotatable bonds is 3. The molecule has 0 spiro atoms. The first-order valence-electron chi connectivity index (χ1n) is 9.65. The highest BCUT2D eigenvalue weighted by molar-refractivity contribution is 7.89. The zero-order chi connectivity index (χ0) is 20.1. The van der Waals surface area contributed by atoms with Gasteiger partial charge in [0, 0.05) is 43.2 Å². The van der Waals surface area contributed by atoms with Crippen LogP contribution in [0.3, 0.4) is 0 Å². The van der Waals surface area contributed by atoms with Crippen molar-refractivity contribution in [2.75, 3.05) is 26.2 Å². The molecular weight excluding hydrogens is 372 g/mol. The highest BCUT2D eigenvalue weighted by atomic mass is 32.2. The molecule has 4 rings (SSSR count). The van der Waals surface area contributed by atoms with Crippen molar-refractivity contribution < 1.29 is 13.2 Å². The van der Waals surface area contributed by atoms with E-state index in [4.69, 9.17) is 0 Å². The van der Waals surface area contributed by atoms with Gasteiger partial charge in [-0.3, -0.25) is 9.69 Å². The molecule has 1 atom stereocenters. The molecule has 2 aromatic carbocycles. The maximum atomic E-state index is 13.2. The summed E-state index contributed by atoms with van der Waals surface area (Å²) in [5, 5.41) is 0. The fourth-order valence-corrected chi connectivity index (χ4v) is 5.94. The van der Waals surface area contributed by atoms with Crippen LogP contribution in [-0.4, -0.2) is 49.6 Å². The van der Waals surface area contributed by atoms with E-state index in [1.165, 1.54) is 30.2 Å². The van der Waals surface area contributed by atoms with E-state index in [-0.39, 0.29) is 22.1 Å². The number of nitrogens with zero attached hydrogens (tertiary/aromatic N) is 2. The van der Waals surface area contributed by atoms with Crippen molar-refractivity contribution in [2.45, 2.75) is 37.1 Å². The second kappa shape index (κ2) is 6.79. The monoisotopic (exact) mass is 398 g/mol. The van der Waals surface area contributed by atoms with Crippen molar-refractivity contribution >= 4 is 15.8 Å². The summed E-state index contributed by atoms with van der Waals surface area (Å²) in [5.74, 6) is -0.0704. The van der Waals surface area contributed by atoms with Crippen molar-refractivity contribution in [3.63, 3.8) is 0 Å². The number of carbonyl (C=O) groups is 1. The molecule has 0 saturated carbocycles. The Kier molecular flexibility index (Phi) is 4.68. The Morgan fingerprint density at radius 3 is 2.39 bits per heavy atom. The zero-order valence-corrected chi connectivity index (χ0v) is 17.4. The predicted molar refractivity (Wildman–Crippen MR) is 109 cm³/mol. The highest BCUT2D eigenvalue weighted by Crippen LogP contribution is 2.41. The van der Waals surface area contributed by atoms with Crippen LogP contribution in [0.2, 0.25) is 0 Å². The van der Waals surface area contributed by atoms with Gasteiger partial charge in [0.1, 0.15) is 0 Å². The number of Topliss-reactive ketones (excluding diaryl/α,β-unsaturated/α-hetero) is 1. The predicted octanol–water partition coefficient (Wildman–Crippen LogP) is 3.23. The fourth-order valence-electron chi connectivity index (χ4n) is 4.51. The van der Waals surface area contributed by atoms with Gasteiger partial charge in [0.05, 0.1) is 4.90 Å². The Balaban J connectivity index is 1.65. The van der Waals surface area contributed by atoms with E-state index in [0.29, 0.717) is 25.2 Å². The second-order valence-corrected chi connectivity index (χ2v) is 10.3. The van der Waals surface area contributed by atoms with Crippen LogP contribution in [-0.2, 0) is 15.4 Å². The van der Waals surface area contributed by atoms with Crippen LogP contribution in [0, 0.1) is 0 Å². The van der Waals surface area contributed by atoms with Crippen molar-refractivity contribution in [1.82, 2.24) is 9.21 Å². The molecule has 6 heteroatoms. The summed E-state index contributed by atoms with van der Waals surface area (Å²) < 4.78 is 28.0. The molecule has 2 aliphatic rings. The molecule has 5 nitrogen and oxygen atoms in total. The van der Waals surface area contributed by atoms with Gasteiger partial charge in [-0.2, -0.15) is 4.31 Å². The molecule has 0 aromatic heterocycles. The molecule has 0 bridgehead atoms. The number of fused-ring (bicyclic) bond motifs is 3. The summed E-state index contributed by atoms with van der Waals surface area (Å²) in [6.45, 7) is 8.55. The molecule has 2 heterocycles. The largest absolute Gasteiger partial charge is 0.295 e. The van der Waals surface area contributed by atoms with Gasteiger partial charge in [0.2, 0.25) is 10.0 Å². The Morgan fingerprint density at radius 2 is 1.71 bits per heavy atom. The molecule has 0 aliphatic carbocycles. The van der Waals surface area contributed by atoms with E-state index < -0.39 is 10.0 Å². The first-order chi connectivity index (χ1) is 13.2. The number of sulfonamides is 1. The van der Waals surface area contributed by atoms with Crippen LogP contribution in [0.1, 0.15) is 48.3 Å². The standard InChI is InChI=1S/C22H26N2O3S/c1-16(25)17-8-10-18(11-9-17)28(26,27)24-13-12-23-15-22(2,3)20-7-5-4-6-19(20)21(23)14-24/h4-11,21H,12-15H2,1-3H3. The van der Waals surface area contributed by atoms with E-state index in [1.54, 1.807) is 16.4 Å². The maximum Gasteiger partial charge on any atom is 0.243 e. The van der Waals surface area contributed by atoms with Gasteiger partial charge >= 0.3 is 0 Å². The minimum absolute atomic E-state index is 0.0522. The van der Waals surface area contributed by atoms with Gasteiger partial charge in [0.25, 0.3) is 0 Å².